The van der Waals surface area contributed by atoms with E-state index < -0.39 is 11.9 Å². The molecule has 1 aliphatic rings. The minimum absolute atomic E-state index is 0. The van der Waals surface area contributed by atoms with E-state index in [4.69, 9.17) is 0 Å². The topological polar surface area (TPSA) is 107 Å². The Labute approximate surface area is 197 Å². The van der Waals surface area contributed by atoms with Crippen LogP contribution < -0.4 is 21.3 Å². The van der Waals surface area contributed by atoms with Crippen molar-refractivity contribution in [3.05, 3.63) is 18.0 Å². The Kier molecular flexibility index (Phi) is 11.8. The zero-order valence-corrected chi connectivity index (χ0v) is 20.0. The third-order valence-corrected chi connectivity index (χ3v) is 4.53. The summed E-state index contributed by atoms with van der Waals surface area (Å²) in [6.45, 7) is 5.31. The van der Waals surface area contributed by atoms with Gasteiger partial charge in [0.05, 0.1) is 13.1 Å². The summed E-state index contributed by atoms with van der Waals surface area (Å²) in [5.74, 6) is 0.573. The fourth-order valence-electron chi connectivity index (χ4n) is 2.97. The molecule has 0 spiro atoms. The fraction of sp³-hybridized carbons (Fsp3) is 0.667. The molecule has 176 valence electrons. The summed E-state index contributed by atoms with van der Waals surface area (Å²) < 4.78 is 38.1. The van der Waals surface area contributed by atoms with Crippen LogP contribution in [0.3, 0.4) is 0 Å². The molecule has 1 aliphatic heterocycles. The van der Waals surface area contributed by atoms with Crippen LogP contribution in [0.2, 0.25) is 0 Å². The standard InChI is InChI=1S/C18H29F3N8O.HI/c1-3-23-16(27-13-5-10-29(11-6-13)12-15(30)22-2)25-8-9-26-17-24-7-4-14(28-17)18(19,20)21;/h4,7,13H,3,5-6,8-12H2,1-2H3,(H,22,30)(H2,23,25,27)(H,24,26,28);1H. The summed E-state index contributed by atoms with van der Waals surface area (Å²) in [7, 11) is 1.63. The van der Waals surface area contributed by atoms with E-state index >= 15 is 0 Å². The summed E-state index contributed by atoms with van der Waals surface area (Å²) in [4.78, 5) is 25.3. The van der Waals surface area contributed by atoms with Crippen molar-refractivity contribution in [2.75, 3.05) is 51.6 Å². The van der Waals surface area contributed by atoms with E-state index in [-0.39, 0.29) is 41.9 Å². The van der Waals surface area contributed by atoms with Crippen molar-refractivity contribution >= 4 is 41.8 Å². The van der Waals surface area contributed by atoms with Gasteiger partial charge >= 0.3 is 6.18 Å². The van der Waals surface area contributed by atoms with Gasteiger partial charge in [0.25, 0.3) is 0 Å². The second-order valence-corrected chi connectivity index (χ2v) is 6.82. The first-order chi connectivity index (χ1) is 14.3. The van der Waals surface area contributed by atoms with E-state index in [1.807, 2.05) is 6.92 Å². The van der Waals surface area contributed by atoms with Crippen molar-refractivity contribution in [1.29, 1.82) is 0 Å². The molecule has 1 amide bonds. The number of aliphatic imine (C=N–C) groups is 1. The Bertz CT molecular complexity index is 711. The van der Waals surface area contributed by atoms with Crippen LogP contribution >= 0.6 is 24.0 Å². The summed E-state index contributed by atoms with van der Waals surface area (Å²) in [5, 5.41) is 11.9. The second kappa shape index (κ2) is 13.5. The molecule has 1 saturated heterocycles. The Morgan fingerprint density at radius 3 is 2.65 bits per heavy atom. The summed E-state index contributed by atoms with van der Waals surface area (Å²) >= 11 is 0. The molecule has 0 aliphatic carbocycles. The Hall–Kier alpha value is -1.90. The molecule has 2 heterocycles. The molecule has 9 nitrogen and oxygen atoms in total. The fourth-order valence-corrected chi connectivity index (χ4v) is 2.97. The van der Waals surface area contributed by atoms with Gasteiger partial charge in [-0.15, -0.1) is 24.0 Å². The minimum atomic E-state index is -4.50. The molecule has 1 fully saturated rings. The van der Waals surface area contributed by atoms with Gasteiger partial charge in [-0.05, 0) is 25.8 Å². The molecule has 31 heavy (non-hydrogen) atoms. The zero-order valence-electron chi connectivity index (χ0n) is 17.6. The van der Waals surface area contributed by atoms with E-state index in [1.54, 1.807) is 7.05 Å². The number of aromatic nitrogens is 2. The number of alkyl halides is 3. The molecule has 0 atom stereocenters. The van der Waals surface area contributed by atoms with Crippen molar-refractivity contribution in [1.82, 2.24) is 30.8 Å². The number of piperidine rings is 1. The summed E-state index contributed by atoms with van der Waals surface area (Å²) in [5.41, 5.74) is -0.985. The number of guanidine groups is 1. The number of hydrogen-bond acceptors (Lipinski definition) is 6. The lowest BCUT2D eigenvalue weighted by Crippen LogP contribution is -2.50. The van der Waals surface area contributed by atoms with Gasteiger partial charge in [-0.3, -0.25) is 14.7 Å². The lowest BCUT2D eigenvalue weighted by Gasteiger charge is -2.32. The first-order valence-corrected chi connectivity index (χ1v) is 9.93. The number of hydrogen-bond donors (Lipinski definition) is 4. The smallest absolute Gasteiger partial charge is 0.358 e. The number of halogens is 4. The number of anilines is 1. The average molecular weight is 558 g/mol. The van der Waals surface area contributed by atoms with Crippen molar-refractivity contribution in [3.63, 3.8) is 0 Å². The molecule has 4 N–H and O–H groups in total. The molecular weight excluding hydrogens is 528 g/mol. The number of amides is 1. The average Bonchev–Trinajstić information content (AvgIpc) is 2.72. The van der Waals surface area contributed by atoms with Crippen LogP contribution in [0.5, 0.6) is 0 Å². The molecule has 0 bridgehead atoms. The lowest BCUT2D eigenvalue weighted by atomic mass is 10.1. The molecule has 1 aromatic heterocycles. The molecule has 2 rings (SSSR count). The molecule has 0 radical (unpaired) electrons. The van der Waals surface area contributed by atoms with Crippen molar-refractivity contribution in [2.24, 2.45) is 4.99 Å². The highest BCUT2D eigenvalue weighted by molar-refractivity contribution is 14.0. The number of likely N-dealkylation sites (tertiary alicyclic amines) is 1. The SMILES string of the molecule is CCNC(=NCCNc1nccc(C(F)(F)F)n1)NC1CCN(CC(=O)NC)CC1.I. The summed E-state index contributed by atoms with van der Waals surface area (Å²) in [6.07, 6.45) is -1.66. The maximum absolute atomic E-state index is 12.7. The van der Waals surface area contributed by atoms with Gasteiger partial charge in [-0.2, -0.15) is 13.2 Å². The van der Waals surface area contributed by atoms with Crippen LogP contribution in [0.15, 0.2) is 17.3 Å². The predicted octanol–water partition coefficient (Wildman–Crippen LogP) is 1.29. The molecule has 0 saturated carbocycles. The molecule has 0 aromatic carbocycles. The largest absolute Gasteiger partial charge is 0.433 e. The van der Waals surface area contributed by atoms with Gasteiger partial charge in [-0.25, -0.2) is 9.97 Å². The van der Waals surface area contributed by atoms with Crippen LogP contribution in [-0.2, 0) is 11.0 Å². The Morgan fingerprint density at radius 2 is 2.03 bits per heavy atom. The van der Waals surface area contributed by atoms with Crippen molar-refractivity contribution in [3.8, 4) is 0 Å². The van der Waals surface area contributed by atoms with Crippen LogP contribution in [0.4, 0.5) is 19.1 Å². The number of carbonyl (C=O) groups is 1. The Morgan fingerprint density at radius 1 is 1.32 bits per heavy atom. The summed E-state index contributed by atoms with van der Waals surface area (Å²) in [6, 6.07) is 1.07. The van der Waals surface area contributed by atoms with Crippen LogP contribution in [0, 0.1) is 0 Å². The van der Waals surface area contributed by atoms with Crippen molar-refractivity contribution in [2.45, 2.75) is 32.0 Å². The van der Waals surface area contributed by atoms with Crippen molar-refractivity contribution < 1.29 is 18.0 Å². The third kappa shape index (κ3) is 9.84. The Balaban J connectivity index is 0.00000480. The number of rotatable bonds is 8. The van der Waals surface area contributed by atoms with E-state index in [0.717, 1.165) is 38.2 Å². The van der Waals surface area contributed by atoms with E-state index in [1.165, 1.54) is 0 Å². The van der Waals surface area contributed by atoms with Gasteiger partial charge in [0.1, 0.15) is 5.69 Å². The highest BCUT2D eigenvalue weighted by Crippen LogP contribution is 2.27. The monoisotopic (exact) mass is 558 g/mol. The van der Waals surface area contributed by atoms with E-state index in [2.05, 4.69) is 41.1 Å². The normalized spacial score (nSPS) is 15.7. The maximum Gasteiger partial charge on any atom is 0.433 e. The van der Waals surface area contributed by atoms with Gasteiger partial charge in [0, 0.05) is 45.5 Å². The van der Waals surface area contributed by atoms with Gasteiger partial charge in [-0.1, -0.05) is 0 Å². The van der Waals surface area contributed by atoms with E-state index in [0.29, 0.717) is 32.1 Å². The van der Waals surface area contributed by atoms with Crippen LogP contribution in [0.25, 0.3) is 0 Å². The van der Waals surface area contributed by atoms with E-state index in [9.17, 15) is 18.0 Å². The number of carbonyl (C=O) groups excluding carboxylic acids is 1. The first-order valence-electron chi connectivity index (χ1n) is 9.93. The quantitative estimate of drug-likeness (QED) is 0.165. The predicted molar refractivity (Wildman–Crippen MR) is 124 cm³/mol. The molecule has 0 unspecified atom stereocenters. The number of nitrogens with one attached hydrogen (secondary N) is 4. The first kappa shape index (κ1) is 27.1. The highest BCUT2D eigenvalue weighted by Gasteiger charge is 2.32. The number of nitrogens with zero attached hydrogens (tertiary/aromatic N) is 4. The van der Waals surface area contributed by atoms with Gasteiger partial charge in [0.2, 0.25) is 11.9 Å². The molecule has 1 aromatic rings. The second-order valence-electron chi connectivity index (χ2n) is 6.82. The van der Waals surface area contributed by atoms with Crippen LogP contribution in [0.1, 0.15) is 25.5 Å². The minimum Gasteiger partial charge on any atom is -0.358 e. The lowest BCUT2D eigenvalue weighted by molar-refractivity contribution is -0.141. The van der Waals surface area contributed by atoms with Gasteiger partial charge in [0.15, 0.2) is 5.96 Å². The third-order valence-electron chi connectivity index (χ3n) is 4.53. The highest BCUT2D eigenvalue weighted by atomic mass is 127. The van der Waals surface area contributed by atoms with Crippen LogP contribution in [-0.4, -0.2) is 79.1 Å². The molecular formula is C18H30F3IN8O. The van der Waals surface area contributed by atoms with Gasteiger partial charge < -0.3 is 21.3 Å². The molecule has 13 heteroatoms. The maximum atomic E-state index is 12.7. The zero-order chi connectivity index (χ0) is 22.0. The number of likely N-dealkylation sites (N-methyl/N-ethyl adjacent to an activating group) is 1.